The summed E-state index contributed by atoms with van der Waals surface area (Å²) in [6.45, 7) is 6.05. The van der Waals surface area contributed by atoms with Crippen molar-refractivity contribution in [3.63, 3.8) is 0 Å². The number of halogens is 1. The first-order chi connectivity index (χ1) is 13.6. The molecule has 0 amide bonds. The van der Waals surface area contributed by atoms with Crippen molar-refractivity contribution in [2.45, 2.75) is 31.8 Å². The fraction of sp³-hybridized carbons (Fsp3) is 0.409. The third-order valence-electron chi connectivity index (χ3n) is 5.13. The number of rotatable bonds is 8. The smallest absolute Gasteiger partial charge is 0.120 e. The van der Waals surface area contributed by atoms with Crippen LogP contribution in [0.25, 0.3) is 10.2 Å². The van der Waals surface area contributed by atoms with Crippen molar-refractivity contribution in [2.75, 3.05) is 26.2 Å². The van der Waals surface area contributed by atoms with Gasteiger partial charge in [-0.1, -0.05) is 11.6 Å². The van der Waals surface area contributed by atoms with Crippen LogP contribution in [0.2, 0.25) is 5.02 Å². The number of thiazole rings is 1. The molecule has 0 N–H and O–H groups in total. The Morgan fingerprint density at radius 2 is 1.96 bits per heavy atom. The summed E-state index contributed by atoms with van der Waals surface area (Å²) in [6, 6.07) is 13.7. The van der Waals surface area contributed by atoms with Crippen molar-refractivity contribution in [3.05, 3.63) is 53.0 Å². The molecule has 1 aliphatic heterocycles. The molecule has 2 aromatic carbocycles. The maximum atomic E-state index is 6.23. The second-order valence-corrected chi connectivity index (χ2v) is 8.89. The molecule has 0 bridgehead atoms. The Kier molecular flexibility index (Phi) is 6.04. The Hall–Kier alpha value is -1.82. The number of ether oxygens (including phenoxy) is 2. The highest BCUT2D eigenvalue weighted by Gasteiger charge is 2.35. The molecule has 28 heavy (non-hydrogen) atoms. The van der Waals surface area contributed by atoms with Gasteiger partial charge in [0.1, 0.15) is 17.1 Å². The fourth-order valence-electron chi connectivity index (χ4n) is 3.64. The predicted molar refractivity (Wildman–Crippen MR) is 116 cm³/mol. The number of aromatic nitrogens is 1. The Morgan fingerprint density at radius 3 is 2.82 bits per heavy atom. The van der Waals surface area contributed by atoms with E-state index in [1.807, 2.05) is 41.9 Å². The molecular formula is C22H25ClN2O2S. The highest BCUT2D eigenvalue weighted by Crippen LogP contribution is 2.28. The van der Waals surface area contributed by atoms with Crippen LogP contribution in [0.15, 0.2) is 48.0 Å². The topological polar surface area (TPSA) is 34.6 Å². The summed E-state index contributed by atoms with van der Waals surface area (Å²) in [6.07, 6.45) is 3.22. The molecule has 2 heterocycles. The summed E-state index contributed by atoms with van der Waals surface area (Å²) in [5.74, 6) is 1.82. The second-order valence-electron chi connectivity index (χ2n) is 7.57. The summed E-state index contributed by atoms with van der Waals surface area (Å²) in [5, 5.41) is 0.736. The van der Waals surface area contributed by atoms with Crippen LogP contribution in [0.3, 0.4) is 0 Å². The lowest BCUT2D eigenvalue weighted by Crippen LogP contribution is -2.36. The minimum absolute atomic E-state index is 0.130. The molecule has 0 spiro atoms. The van der Waals surface area contributed by atoms with Gasteiger partial charge in [0.2, 0.25) is 0 Å². The summed E-state index contributed by atoms with van der Waals surface area (Å²) in [5.41, 5.74) is 2.78. The summed E-state index contributed by atoms with van der Waals surface area (Å²) in [4.78, 5) is 6.78. The summed E-state index contributed by atoms with van der Waals surface area (Å²) >= 11 is 7.60. The molecule has 4 nitrogen and oxygen atoms in total. The lowest BCUT2D eigenvalue weighted by atomic mass is 10.1. The largest absolute Gasteiger partial charge is 0.494 e. The van der Waals surface area contributed by atoms with E-state index < -0.39 is 0 Å². The Bertz CT molecular complexity index is 914. The van der Waals surface area contributed by atoms with Crippen molar-refractivity contribution in [2.24, 2.45) is 0 Å². The molecule has 0 saturated carbocycles. The van der Waals surface area contributed by atoms with E-state index in [4.69, 9.17) is 21.1 Å². The first-order valence-corrected chi connectivity index (χ1v) is 11.0. The average molecular weight is 417 g/mol. The van der Waals surface area contributed by atoms with Gasteiger partial charge in [0.15, 0.2) is 0 Å². The third-order valence-corrected chi connectivity index (χ3v) is 6.18. The van der Waals surface area contributed by atoms with E-state index in [9.17, 15) is 0 Å². The monoisotopic (exact) mass is 416 g/mol. The highest BCUT2D eigenvalue weighted by atomic mass is 35.5. The van der Waals surface area contributed by atoms with Crippen LogP contribution in [-0.2, 0) is 0 Å². The predicted octanol–water partition coefficient (Wildman–Crippen LogP) is 5.65. The Morgan fingerprint density at radius 1 is 1.14 bits per heavy atom. The molecular weight excluding hydrogens is 392 g/mol. The maximum Gasteiger partial charge on any atom is 0.120 e. The quantitative estimate of drug-likeness (QED) is 0.444. The van der Waals surface area contributed by atoms with Crippen molar-refractivity contribution < 1.29 is 9.47 Å². The zero-order valence-corrected chi connectivity index (χ0v) is 17.6. The molecule has 1 saturated heterocycles. The van der Waals surface area contributed by atoms with Crippen LogP contribution in [-0.4, -0.2) is 41.7 Å². The SMILES string of the molecule is CC1(Oc2ccc(Cl)cc2)CCN(CCCCOc2ccc3ncsc3c2)C1. The standard InChI is InChI=1S/C22H25ClN2O2S/c1-22(27-18-6-4-17(23)5-7-18)10-12-25(15-22)11-2-3-13-26-19-8-9-20-21(14-19)28-16-24-20/h4-9,14,16H,2-3,10-13,15H2,1H3. The normalized spacial score (nSPS) is 19.9. The van der Waals surface area contributed by atoms with Gasteiger partial charge in [-0.15, -0.1) is 11.3 Å². The van der Waals surface area contributed by atoms with E-state index in [1.54, 1.807) is 11.3 Å². The minimum atomic E-state index is -0.130. The van der Waals surface area contributed by atoms with Gasteiger partial charge in [0.05, 0.1) is 22.3 Å². The fourth-order valence-corrected chi connectivity index (χ4v) is 4.47. The molecule has 6 heteroatoms. The van der Waals surface area contributed by atoms with Crippen molar-refractivity contribution in [1.82, 2.24) is 9.88 Å². The molecule has 1 aliphatic rings. The molecule has 3 aromatic rings. The number of hydrogen-bond acceptors (Lipinski definition) is 5. The van der Waals surface area contributed by atoms with E-state index in [0.717, 1.165) is 67.5 Å². The van der Waals surface area contributed by atoms with Crippen LogP contribution in [0, 0.1) is 0 Å². The number of fused-ring (bicyclic) bond motifs is 1. The van der Waals surface area contributed by atoms with E-state index >= 15 is 0 Å². The maximum absolute atomic E-state index is 6.23. The van der Waals surface area contributed by atoms with Gasteiger partial charge < -0.3 is 9.47 Å². The van der Waals surface area contributed by atoms with E-state index in [-0.39, 0.29) is 5.60 Å². The van der Waals surface area contributed by atoms with Gasteiger partial charge in [0, 0.05) is 24.5 Å². The first kappa shape index (κ1) is 19.5. The Labute approximate surface area is 175 Å². The third kappa shape index (κ3) is 4.96. The minimum Gasteiger partial charge on any atom is -0.494 e. The van der Waals surface area contributed by atoms with Crippen LogP contribution >= 0.6 is 22.9 Å². The lowest BCUT2D eigenvalue weighted by Gasteiger charge is -2.26. The van der Waals surface area contributed by atoms with Crippen molar-refractivity contribution in [1.29, 1.82) is 0 Å². The second kappa shape index (κ2) is 8.68. The first-order valence-electron chi connectivity index (χ1n) is 9.73. The van der Waals surface area contributed by atoms with E-state index in [2.05, 4.69) is 22.9 Å². The lowest BCUT2D eigenvalue weighted by molar-refractivity contribution is 0.0957. The van der Waals surface area contributed by atoms with Crippen LogP contribution in [0.5, 0.6) is 11.5 Å². The van der Waals surface area contributed by atoms with Gasteiger partial charge in [-0.25, -0.2) is 4.98 Å². The van der Waals surface area contributed by atoms with Crippen LogP contribution in [0.1, 0.15) is 26.2 Å². The summed E-state index contributed by atoms with van der Waals surface area (Å²) < 4.78 is 13.3. The number of nitrogens with zero attached hydrogens (tertiary/aromatic N) is 2. The molecule has 148 valence electrons. The molecule has 1 atom stereocenters. The molecule has 1 fully saturated rings. The van der Waals surface area contributed by atoms with Crippen LogP contribution < -0.4 is 9.47 Å². The molecule has 0 aliphatic carbocycles. The number of benzene rings is 2. The average Bonchev–Trinajstić information content (AvgIpc) is 3.29. The van der Waals surface area contributed by atoms with Crippen molar-refractivity contribution >= 4 is 33.2 Å². The van der Waals surface area contributed by atoms with Gasteiger partial charge in [-0.3, -0.25) is 4.90 Å². The van der Waals surface area contributed by atoms with Gasteiger partial charge in [0.25, 0.3) is 0 Å². The van der Waals surface area contributed by atoms with E-state index in [1.165, 1.54) is 4.70 Å². The number of likely N-dealkylation sites (tertiary alicyclic amines) is 1. The molecule has 0 radical (unpaired) electrons. The molecule has 4 rings (SSSR count). The van der Waals surface area contributed by atoms with Gasteiger partial charge >= 0.3 is 0 Å². The number of unbranched alkanes of at least 4 members (excludes halogenated alkanes) is 1. The van der Waals surface area contributed by atoms with Gasteiger partial charge in [-0.05, 0) is 68.8 Å². The zero-order chi connectivity index (χ0) is 19.4. The molecule has 1 unspecified atom stereocenters. The Balaban J connectivity index is 1.17. The van der Waals surface area contributed by atoms with E-state index in [0.29, 0.717) is 0 Å². The summed E-state index contributed by atoms with van der Waals surface area (Å²) in [7, 11) is 0. The van der Waals surface area contributed by atoms with Gasteiger partial charge in [-0.2, -0.15) is 0 Å². The molecule has 1 aromatic heterocycles. The van der Waals surface area contributed by atoms with Crippen molar-refractivity contribution in [3.8, 4) is 11.5 Å². The zero-order valence-electron chi connectivity index (χ0n) is 16.1. The highest BCUT2D eigenvalue weighted by molar-refractivity contribution is 7.16. The van der Waals surface area contributed by atoms with Crippen LogP contribution in [0.4, 0.5) is 0 Å². The number of hydrogen-bond donors (Lipinski definition) is 0.